The van der Waals surface area contributed by atoms with Crippen LogP contribution in [0, 0.1) is 0 Å². The van der Waals surface area contributed by atoms with Gasteiger partial charge in [0.05, 0.1) is 12.2 Å². The largest absolute Gasteiger partial charge is 0.508 e. The standard InChI is InChI=1S/C19H20O11/c20-7-13-15(25)16(26)17(19(29-13)28-10-3-1-9(21)2-4-10)30-18(27)8-5-11(22)14(24)12(23)6-8/h1-6,13,15-17,19-26H,7H2. The molecule has 1 aliphatic rings. The van der Waals surface area contributed by atoms with Gasteiger partial charge in [0.25, 0.3) is 0 Å². The number of aliphatic hydroxyl groups excluding tert-OH is 3. The lowest BCUT2D eigenvalue weighted by Gasteiger charge is -2.41. The monoisotopic (exact) mass is 424 g/mol. The van der Waals surface area contributed by atoms with Gasteiger partial charge in [-0.1, -0.05) is 0 Å². The van der Waals surface area contributed by atoms with Gasteiger partial charge in [0.15, 0.2) is 23.4 Å². The van der Waals surface area contributed by atoms with Crippen molar-refractivity contribution in [1.82, 2.24) is 0 Å². The Morgan fingerprint density at radius 2 is 1.57 bits per heavy atom. The molecule has 1 heterocycles. The van der Waals surface area contributed by atoms with Crippen molar-refractivity contribution >= 4 is 5.97 Å². The normalized spacial score (nSPS) is 26.2. The maximum Gasteiger partial charge on any atom is 0.339 e. The Hall–Kier alpha value is -3.25. The summed E-state index contributed by atoms with van der Waals surface area (Å²) in [5, 5.41) is 67.7. The molecule has 7 N–H and O–H groups in total. The second-order valence-corrected chi connectivity index (χ2v) is 6.55. The summed E-state index contributed by atoms with van der Waals surface area (Å²) in [6.07, 6.45) is -7.62. The van der Waals surface area contributed by atoms with E-state index >= 15 is 0 Å². The number of esters is 1. The number of phenolic OH excluding ortho intramolecular Hbond substituents is 4. The zero-order valence-corrected chi connectivity index (χ0v) is 15.3. The van der Waals surface area contributed by atoms with Gasteiger partial charge in [0.2, 0.25) is 6.29 Å². The van der Waals surface area contributed by atoms with Crippen LogP contribution < -0.4 is 4.74 Å². The number of carbonyl (C=O) groups is 1. The quantitative estimate of drug-likeness (QED) is 0.243. The first-order valence-electron chi connectivity index (χ1n) is 8.75. The van der Waals surface area contributed by atoms with Crippen LogP contribution >= 0.6 is 0 Å². The van der Waals surface area contributed by atoms with E-state index in [4.69, 9.17) is 14.2 Å². The number of aliphatic hydroxyl groups is 3. The fourth-order valence-electron chi connectivity index (χ4n) is 2.85. The van der Waals surface area contributed by atoms with Crippen LogP contribution in [0.5, 0.6) is 28.7 Å². The van der Waals surface area contributed by atoms with Gasteiger partial charge < -0.3 is 50.0 Å². The summed E-state index contributed by atoms with van der Waals surface area (Å²) in [7, 11) is 0. The van der Waals surface area contributed by atoms with Crippen LogP contribution in [-0.4, -0.2) is 79.0 Å². The number of aromatic hydroxyl groups is 4. The van der Waals surface area contributed by atoms with E-state index in [1.54, 1.807) is 0 Å². The average molecular weight is 424 g/mol. The highest BCUT2D eigenvalue weighted by Crippen LogP contribution is 2.36. The fraction of sp³-hybridized carbons (Fsp3) is 0.316. The molecule has 0 bridgehead atoms. The van der Waals surface area contributed by atoms with Gasteiger partial charge in [-0.25, -0.2) is 4.79 Å². The maximum absolute atomic E-state index is 12.5. The van der Waals surface area contributed by atoms with Crippen molar-refractivity contribution in [3.8, 4) is 28.7 Å². The molecule has 2 aromatic rings. The number of rotatable bonds is 5. The number of ether oxygens (including phenoxy) is 3. The average Bonchev–Trinajstić information content (AvgIpc) is 2.72. The van der Waals surface area contributed by atoms with E-state index in [2.05, 4.69) is 0 Å². The molecule has 30 heavy (non-hydrogen) atoms. The molecule has 162 valence electrons. The molecule has 0 spiro atoms. The summed E-state index contributed by atoms with van der Waals surface area (Å²) < 4.78 is 16.1. The predicted molar refractivity (Wildman–Crippen MR) is 97.1 cm³/mol. The first-order valence-corrected chi connectivity index (χ1v) is 8.75. The van der Waals surface area contributed by atoms with Crippen molar-refractivity contribution in [3.63, 3.8) is 0 Å². The predicted octanol–water partition coefficient (Wildman–Crippen LogP) is -0.448. The molecule has 1 saturated heterocycles. The summed E-state index contributed by atoms with van der Waals surface area (Å²) >= 11 is 0. The van der Waals surface area contributed by atoms with Crippen molar-refractivity contribution in [2.75, 3.05) is 6.61 Å². The maximum atomic E-state index is 12.5. The molecular formula is C19H20O11. The third kappa shape index (κ3) is 4.33. The van der Waals surface area contributed by atoms with Gasteiger partial charge in [-0.15, -0.1) is 0 Å². The van der Waals surface area contributed by atoms with E-state index < -0.39 is 60.5 Å². The van der Waals surface area contributed by atoms with Crippen molar-refractivity contribution in [2.24, 2.45) is 0 Å². The molecule has 3 rings (SSSR count). The molecule has 0 radical (unpaired) electrons. The lowest BCUT2D eigenvalue weighted by molar-refractivity contribution is -0.276. The van der Waals surface area contributed by atoms with Gasteiger partial charge in [-0.3, -0.25) is 0 Å². The van der Waals surface area contributed by atoms with Crippen molar-refractivity contribution in [3.05, 3.63) is 42.0 Å². The molecule has 2 aromatic carbocycles. The van der Waals surface area contributed by atoms with Gasteiger partial charge in [0, 0.05) is 0 Å². The Kier molecular flexibility index (Phi) is 6.17. The number of carbonyl (C=O) groups excluding carboxylic acids is 1. The number of hydrogen-bond acceptors (Lipinski definition) is 11. The van der Waals surface area contributed by atoms with Crippen LogP contribution in [0.15, 0.2) is 36.4 Å². The van der Waals surface area contributed by atoms with E-state index in [1.807, 2.05) is 0 Å². The number of hydrogen-bond donors (Lipinski definition) is 7. The Morgan fingerprint density at radius 1 is 0.967 bits per heavy atom. The minimum atomic E-state index is -1.72. The summed E-state index contributed by atoms with van der Waals surface area (Å²) in [5.41, 5.74) is -0.364. The van der Waals surface area contributed by atoms with Gasteiger partial charge in [-0.2, -0.15) is 0 Å². The Labute approximate surface area is 169 Å². The molecule has 0 amide bonds. The molecule has 1 aliphatic heterocycles. The summed E-state index contributed by atoms with van der Waals surface area (Å²) in [4.78, 5) is 12.5. The minimum absolute atomic E-state index is 0.0365. The summed E-state index contributed by atoms with van der Waals surface area (Å²) in [6.45, 7) is -0.659. The molecule has 11 nitrogen and oxygen atoms in total. The lowest BCUT2D eigenvalue weighted by atomic mass is 9.99. The van der Waals surface area contributed by atoms with Crippen LogP contribution in [0.4, 0.5) is 0 Å². The number of phenols is 4. The highest BCUT2D eigenvalue weighted by molar-refractivity contribution is 5.91. The highest BCUT2D eigenvalue weighted by atomic mass is 16.7. The Balaban J connectivity index is 1.85. The topological polar surface area (TPSA) is 186 Å². The Bertz CT molecular complexity index is 875. The van der Waals surface area contributed by atoms with Crippen molar-refractivity contribution in [2.45, 2.75) is 30.7 Å². The minimum Gasteiger partial charge on any atom is -0.508 e. The molecule has 11 heteroatoms. The zero-order chi connectivity index (χ0) is 22.0. The van der Waals surface area contributed by atoms with Crippen LogP contribution in [0.2, 0.25) is 0 Å². The van der Waals surface area contributed by atoms with Gasteiger partial charge in [-0.05, 0) is 36.4 Å². The van der Waals surface area contributed by atoms with Crippen LogP contribution in [-0.2, 0) is 9.47 Å². The van der Waals surface area contributed by atoms with Crippen LogP contribution in [0.3, 0.4) is 0 Å². The second-order valence-electron chi connectivity index (χ2n) is 6.55. The molecule has 5 unspecified atom stereocenters. The zero-order valence-electron chi connectivity index (χ0n) is 15.3. The summed E-state index contributed by atoms with van der Waals surface area (Å²) in [6, 6.07) is 7.04. The van der Waals surface area contributed by atoms with E-state index in [1.165, 1.54) is 24.3 Å². The summed E-state index contributed by atoms with van der Waals surface area (Å²) in [5.74, 6) is -3.39. The molecule has 0 saturated carbocycles. The fourth-order valence-corrected chi connectivity index (χ4v) is 2.85. The van der Waals surface area contributed by atoms with E-state index in [9.17, 15) is 40.5 Å². The van der Waals surface area contributed by atoms with E-state index in [0.29, 0.717) is 0 Å². The van der Waals surface area contributed by atoms with E-state index in [-0.39, 0.29) is 17.1 Å². The van der Waals surface area contributed by atoms with Crippen molar-refractivity contribution < 1.29 is 54.8 Å². The molecule has 5 atom stereocenters. The first-order chi connectivity index (χ1) is 14.2. The van der Waals surface area contributed by atoms with E-state index in [0.717, 1.165) is 12.1 Å². The van der Waals surface area contributed by atoms with Crippen LogP contribution in [0.25, 0.3) is 0 Å². The third-order valence-electron chi connectivity index (χ3n) is 4.46. The van der Waals surface area contributed by atoms with Crippen LogP contribution in [0.1, 0.15) is 10.4 Å². The SMILES string of the molecule is O=C(OC1C(Oc2ccc(O)cc2)OC(CO)C(O)C1O)c1cc(O)c(O)c(O)c1. The lowest BCUT2D eigenvalue weighted by Crippen LogP contribution is -2.61. The Morgan fingerprint density at radius 3 is 2.13 bits per heavy atom. The second kappa shape index (κ2) is 8.63. The van der Waals surface area contributed by atoms with Gasteiger partial charge >= 0.3 is 5.97 Å². The molecule has 0 aliphatic carbocycles. The first kappa shape index (κ1) is 21.5. The molecule has 0 aromatic heterocycles. The smallest absolute Gasteiger partial charge is 0.339 e. The van der Waals surface area contributed by atoms with Crippen molar-refractivity contribution in [1.29, 1.82) is 0 Å². The number of benzene rings is 2. The molecular weight excluding hydrogens is 404 g/mol. The molecule has 1 fully saturated rings. The van der Waals surface area contributed by atoms with Gasteiger partial charge in [0.1, 0.15) is 29.8 Å². The highest BCUT2D eigenvalue weighted by Gasteiger charge is 2.48. The third-order valence-corrected chi connectivity index (χ3v) is 4.46.